The van der Waals surface area contributed by atoms with Gasteiger partial charge in [0.25, 0.3) is 6.43 Å². The Bertz CT molecular complexity index is 417. The maximum atomic E-state index is 12.2. The molecule has 0 bridgehead atoms. The van der Waals surface area contributed by atoms with Gasteiger partial charge in [-0.05, 0) is 45.4 Å². The Morgan fingerprint density at radius 3 is 2.40 bits per heavy atom. The van der Waals surface area contributed by atoms with Gasteiger partial charge in [-0.15, -0.1) is 0 Å². The van der Waals surface area contributed by atoms with Gasteiger partial charge in [0.15, 0.2) is 11.5 Å². The topological polar surface area (TPSA) is 30.5 Å². The molecule has 0 radical (unpaired) electrons. The summed E-state index contributed by atoms with van der Waals surface area (Å²) in [5.41, 5.74) is 1.03. The van der Waals surface area contributed by atoms with Crippen LogP contribution in [0.25, 0.3) is 0 Å². The molecule has 3 nitrogen and oxygen atoms in total. The monoisotopic (exact) mass is 287 g/mol. The quantitative estimate of drug-likeness (QED) is 0.831. The van der Waals surface area contributed by atoms with Gasteiger partial charge >= 0.3 is 0 Å². The molecule has 0 aliphatic heterocycles. The summed E-state index contributed by atoms with van der Waals surface area (Å²) in [6.07, 6.45) is -2.49. The van der Waals surface area contributed by atoms with Gasteiger partial charge in [0.2, 0.25) is 0 Å². The summed E-state index contributed by atoms with van der Waals surface area (Å²) in [6, 6.07) is 5.35. The fraction of sp³-hybridized carbons (Fsp3) is 0.600. The average molecular weight is 287 g/mol. The smallest absolute Gasteiger partial charge is 0.272 e. The van der Waals surface area contributed by atoms with Crippen molar-refractivity contribution in [3.05, 3.63) is 23.8 Å². The molecule has 0 aliphatic rings. The normalized spacial score (nSPS) is 11.8. The molecule has 1 aromatic carbocycles. The third-order valence-electron chi connectivity index (χ3n) is 2.50. The first-order chi connectivity index (χ1) is 9.31. The van der Waals surface area contributed by atoms with Crippen LogP contribution >= 0.6 is 0 Å². The van der Waals surface area contributed by atoms with Crippen molar-refractivity contribution in [2.24, 2.45) is 0 Å². The molecule has 0 atom stereocenters. The highest BCUT2D eigenvalue weighted by atomic mass is 19.3. The second-order valence-corrected chi connectivity index (χ2v) is 5.52. The number of hydrogen-bond donors (Lipinski definition) is 1. The Hall–Kier alpha value is -1.36. The number of hydrogen-bond acceptors (Lipinski definition) is 3. The molecule has 0 unspecified atom stereocenters. The van der Waals surface area contributed by atoms with E-state index in [-0.39, 0.29) is 5.54 Å². The summed E-state index contributed by atoms with van der Waals surface area (Å²) in [5.74, 6) is 0.855. The van der Waals surface area contributed by atoms with E-state index in [1.807, 2.05) is 19.1 Å². The molecule has 0 fully saturated rings. The first kappa shape index (κ1) is 16.7. The molecule has 0 aliphatic carbocycles. The third-order valence-corrected chi connectivity index (χ3v) is 2.50. The summed E-state index contributed by atoms with van der Waals surface area (Å²) in [7, 11) is 0. The van der Waals surface area contributed by atoms with Crippen molar-refractivity contribution in [3.63, 3.8) is 0 Å². The summed E-state index contributed by atoms with van der Waals surface area (Å²) in [6.45, 7) is 8.60. The lowest BCUT2D eigenvalue weighted by molar-refractivity contribution is 0.0800. The minimum Gasteiger partial charge on any atom is -0.490 e. The molecule has 1 rings (SSSR count). The third kappa shape index (κ3) is 6.19. The Morgan fingerprint density at radius 1 is 1.15 bits per heavy atom. The van der Waals surface area contributed by atoms with Crippen LogP contribution in [0, 0.1) is 0 Å². The van der Waals surface area contributed by atoms with Gasteiger partial charge in [0.05, 0.1) is 6.61 Å². The largest absolute Gasteiger partial charge is 0.490 e. The van der Waals surface area contributed by atoms with Crippen LogP contribution < -0.4 is 14.8 Å². The predicted molar refractivity (Wildman–Crippen MR) is 75.7 cm³/mol. The highest BCUT2D eigenvalue weighted by molar-refractivity contribution is 5.43. The maximum absolute atomic E-state index is 12.2. The first-order valence-electron chi connectivity index (χ1n) is 6.73. The van der Waals surface area contributed by atoms with E-state index in [2.05, 4.69) is 26.1 Å². The molecule has 0 heterocycles. The van der Waals surface area contributed by atoms with Gasteiger partial charge in [-0.2, -0.15) is 0 Å². The van der Waals surface area contributed by atoms with Crippen molar-refractivity contribution >= 4 is 0 Å². The standard InChI is InChI=1S/C15H23F2NO2/c1-5-19-13-8-11(9-18-15(2,3)4)6-7-12(13)20-10-14(16)17/h6-8,14,18H,5,9-10H2,1-4H3. The number of ether oxygens (including phenoxy) is 2. The van der Waals surface area contributed by atoms with Gasteiger partial charge in [0, 0.05) is 12.1 Å². The van der Waals surface area contributed by atoms with Crippen LogP contribution in [0.2, 0.25) is 0 Å². The van der Waals surface area contributed by atoms with Crippen molar-refractivity contribution in [1.29, 1.82) is 0 Å². The van der Waals surface area contributed by atoms with Crippen molar-refractivity contribution in [1.82, 2.24) is 5.32 Å². The van der Waals surface area contributed by atoms with Crippen LogP contribution in [-0.4, -0.2) is 25.2 Å². The van der Waals surface area contributed by atoms with E-state index in [0.717, 1.165) is 5.56 Å². The Kier molecular flexibility index (Phi) is 6.20. The van der Waals surface area contributed by atoms with Crippen molar-refractivity contribution in [3.8, 4) is 11.5 Å². The van der Waals surface area contributed by atoms with Crippen molar-refractivity contribution < 1.29 is 18.3 Å². The molecular weight excluding hydrogens is 264 g/mol. The van der Waals surface area contributed by atoms with Crippen LogP contribution in [0.1, 0.15) is 33.3 Å². The van der Waals surface area contributed by atoms with Crippen LogP contribution in [0.4, 0.5) is 8.78 Å². The van der Waals surface area contributed by atoms with Crippen LogP contribution in [0.15, 0.2) is 18.2 Å². The Morgan fingerprint density at radius 2 is 1.85 bits per heavy atom. The molecule has 1 aromatic rings. The molecule has 1 N–H and O–H groups in total. The Labute approximate surface area is 119 Å². The van der Waals surface area contributed by atoms with Crippen molar-refractivity contribution in [2.75, 3.05) is 13.2 Å². The average Bonchev–Trinajstić information content (AvgIpc) is 2.34. The lowest BCUT2D eigenvalue weighted by Crippen LogP contribution is -2.35. The second kappa shape index (κ2) is 7.43. The highest BCUT2D eigenvalue weighted by Crippen LogP contribution is 2.29. The number of nitrogens with one attached hydrogen (secondary N) is 1. The molecule has 0 aromatic heterocycles. The number of benzene rings is 1. The molecule has 20 heavy (non-hydrogen) atoms. The van der Waals surface area contributed by atoms with Gasteiger partial charge in [-0.3, -0.25) is 0 Å². The molecule has 0 amide bonds. The van der Waals surface area contributed by atoms with E-state index in [1.165, 1.54) is 0 Å². The summed E-state index contributed by atoms with van der Waals surface area (Å²) in [4.78, 5) is 0. The van der Waals surface area contributed by atoms with Gasteiger partial charge < -0.3 is 14.8 Å². The number of rotatable bonds is 7. The molecular formula is C15H23F2NO2. The molecule has 0 spiro atoms. The summed E-state index contributed by atoms with van der Waals surface area (Å²) >= 11 is 0. The second-order valence-electron chi connectivity index (χ2n) is 5.52. The maximum Gasteiger partial charge on any atom is 0.272 e. The van der Waals surface area contributed by atoms with E-state index in [9.17, 15) is 8.78 Å². The zero-order valence-corrected chi connectivity index (χ0v) is 12.5. The van der Waals surface area contributed by atoms with E-state index >= 15 is 0 Å². The lowest BCUT2D eigenvalue weighted by Gasteiger charge is -2.21. The lowest BCUT2D eigenvalue weighted by atomic mass is 10.1. The predicted octanol–water partition coefficient (Wildman–Crippen LogP) is 3.62. The number of alkyl halides is 2. The van der Waals surface area contributed by atoms with Gasteiger partial charge in [0.1, 0.15) is 6.61 Å². The van der Waals surface area contributed by atoms with Gasteiger partial charge in [-0.25, -0.2) is 8.78 Å². The summed E-state index contributed by atoms with van der Waals surface area (Å²) in [5, 5.41) is 3.36. The van der Waals surface area contributed by atoms with Crippen LogP contribution in [-0.2, 0) is 6.54 Å². The fourth-order valence-corrected chi connectivity index (χ4v) is 1.57. The van der Waals surface area contributed by atoms with E-state index in [4.69, 9.17) is 9.47 Å². The molecule has 0 saturated heterocycles. The van der Waals surface area contributed by atoms with Crippen LogP contribution in [0.3, 0.4) is 0 Å². The number of halogens is 2. The van der Waals surface area contributed by atoms with Crippen molar-refractivity contribution in [2.45, 2.75) is 46.2 Å². The molecule has 0 saturated carbocycles. The van der Waals surface area contributed by atoms with E-state index < -0.39 is 13.0 Å². The fourth-order valence-electron chi connectivity index (χ4n) is 1.57. The SMILES string of the molecule is CCOc1cc(CNC(C)(C)C)ccc1OCC(F)F. The zero-order chi connectivity index (χ0) is 15.2. The molecule has 114 valence electrons. The minimum atomic E-state index is -2.49. The highest BCUT2D eigenvalue weighted by Gasteiger charge is 2.12. The Balaban J connectivity index is 2.77. The first-order valence-corrected chi connectivity index (χ1v) is 6.73. The zero-order valence-electron chi connectivity index (χ0n) is 12.5. The van der Waals surface area contributed by atoms with Crippen LogP contribution in [0.5, 0.6) is 11.5 Å². The molecule has 5 heteroatoms. The van der Waals surface area contributed by atoms with Gasteiger partial charge in [-0.1, -0.05) is 6.07 Å². The van der Waals surface area contributed by atoms with E-state index in [1.54, 1.807) is 6.07 Å². The summed E-state index contributed by atoms with van der Waals surface area (Å²) < 4.78 is 34.9. The van der Waals surface area contributed by atoms with E-state index in [0.29, 0.717) is 24.7 Å². The minimum absolute atomic E-state index is 0.0105.